The minimum Gasteiger partial charge on any atom is -0.477 e. The molecule has 0 spiro atoms. The molecular formula is C12H24O4. The summed E-state index contributed by atoms with van der Waals surface area (Å²) in [6.07, 6.45) is 1.72. The van der Waals surface area contributed by atoms with Crippen molar-refractivity contribution in [2.75, 3.05) is 0 Å². The van der Waals surface area contributed by atoms with Crippen LogP contribution in [0.3, 0.4) is 0 Å². The summed E-state index contributed by atoms with van der Waals surface area (Å²) < 4.78 is 11.0. The van der Waals surface area contributed by atoms with Gasteiger partial charge in [-0.1, -0.05) is 13.3 Å². The molecule has 0 fully saturated rings. The third kappa shape index (κ3) is 4.94. The molecular weight excluding hydrogens is 208 g/mol. The van der Waals surface area contributed by atoms with Gasteiger partial charge >= 0.3 is 5.97 Å². The summed E-state index contributed by atoms with van der Waals surface area (Å²) in [5.41, 5.74) is 0. The molecule has 1 N–H and O–H groups in total. The Hall–Kier alpha value is -0.610. The van der Waals surface area contributed by atoms with Gasteiger partial charge in [0.15, 0.2) is 0 Å². The summed E-state index contributed by atoms with van der Waals surface area (Å²) in [5.74, 6) is -2.53. The number of ether oxygens (including phenoxy) is 2. The number of hydrogen-bond acceptors (Lipinski definition) is 3. The zero-order chi connectivity index (χ0) is 12.8. The molecule has 0 rings (SSSR count). The maximum Gasteiger partial charge on any atom is 0.364 e. The molecule has 0 aromatic heterocycles. The first-order valence-corrected chi connectivity index (χ1v) is 5.93. The van der Waals surface area contributed by atoms with Gasteiger partial charge in [0.1, 0.15) is 0 Å². The normalized spacial score (nSPS) is 12.4. The highest BCUT2D eigenvalue weighted by molar-refractivity contribution is 5.75. The Bertz CT molecular complexity index is 201. The second kappa shape index (κ2) is 6.86. The predicted octanol–water partition coefficient (Wildman–Crippen LogP) is 2.81. The molecule has 0 aliphatic carbocycles. The van der Waals surface area contributed by atoms with Crippen LogP contribution in [0.5, 0.6) is 0 Å². The van der Waals surface area contributed by atoms with Crippen molar-refractivity contribution in [1.29, 1.82) is 0 Å². The number of unbranched alkanes of at least 4 members (excludes halogenated alkanes) is 1. The number of carboxylic acids is 1. The fraction of sp³-hybridized carbons (Fsp3) is 0.917. The Balaban J connectivity index is 4.81. The third-order valence-corrected chi connectivity index (χ3v) is 2.04. The lowest BCUT2D eigenvalue weighted by Gasteiger charge is -2.33. The van der Waals surface area contributed by atoms with Crippen LogP contribution in [0.15, 0.2) is 0 Å². The Labute approximate surface area is 97.9 Å². The fourth-order valence-electron chi connectivity index (χ4n) is 1.52. The maximum atomic E-state index is 11.3. The smallest absolute Gasteiger partial charge is 0.364 e. The van der Waals surface area contributed by atoms with Crippen molar-refractivity contribution < 1.29 is 19.4 Å². The molecule has 0 radical (unpaired) electrons. The fourth-order valence-corrected chi connectivity index (χ4v) is 1.52. The monoisotopic (exact) mass is 232 g/mol. The zero-order valence-corrected chi connectivity index (χ0v) is 10.9. The van der Waals surface area contributed by atoms with Crippen LogP contribution in [0.1, 0.15) is 53.9 Å². The van der Waals surface area contributed by atoms with E-state index in [0.717, 1.165) is 12.8 Å². The molecule has 0 amide bonds. The Morgan fingerprint density at radius 1 is 1.19 bits per heavy atom. The second-order valence-corrected chi connectivity index (χ2v) is 4.49. The van der Waals surface area contributed by atoms with E-state index in [1.165, 1.54) is 0 Å². The average Bonchev–Trinajstić information content (AvgIpc) is 2.11. The first-order valence-electron chi connectivity index (χ1n) is 5.93. The Morgan fingerprint density at radius 2 is 1.62 bits per heavy atom. The van der Waals surface area contributed by atoms with Crippen LogP contribution in [0.25, 0.3) is 0 Å². The van der Waals surface area contributed by atoms with Crippen molar-refractivity contribution >= 4 is 5.97 Å². The lowest BCUT2D eigenvalue weighted by atomic mass is 10.1. The number of carbonyl (C=O) groups is 1. The van der Waals surface area contributed by atoms with Crippen LogP contribution in [-0.2, 0) is 14.3 Å². The topological polar surface area (TPSA) is 55.8 Å². The molecule has 0 aliphatic heterocycles. The van der Waals surface area contributed by atoms with Crippen LogP contribution in [0.2, 0.25) is 0 Å². The number of aliphatic carboxylic acids is 1. The van der Waals surface area contributed by atoms with Gasteiger partial charge in [-0.05, 0) is 34.1 Å². The molecule has 0 atom stereocenters. The number of hydrogen-bond donors (Lipinski definition) is 1. The van der Waals surface area contributed by atoms with Crippen molar-refractivity contribution in [3.05, 3.63) is 0 Å². The molecule has 0 aliphatic rings. The first-order chi connectivity index (χ1) is 7.34. The minimum absolute atomic E-state index is 0.174. The lowest BCUT2D eigenvalue weighted by Crippen LogP contribution is -2.47. The highest BCUT2D eigenvalue weighted by Crippen LogP contribution is 2.25. The Morgan fingerprint density at radius 3 is 1.88 bits per heavy atom. The summed E-state index contributed by atoms with van der Waals surface area (Å²) in [4.78, 5) is 11.3. The molecule has 0 saturated carbocycles. The van der Waals surface area contributed by atoms with Gasteiger partial charge in [0, 0.05) is 6.42 Å². The van der Waals surface area contributed by atoms with E-state index in [1.807, 2.05) is 34.6 Å². The summed E-state index contributed by atoms with van der Waals surface area (Å²) in [5, 5.41) is 9.30. The summed E-state index contributed by atoms with van der Waals surface area (Å²) in [6, 6.07) is 0. The van der Waals surface area contributed by atoms with Gasteiger partial charge in [-0.15, -0.1) is 0 Å². The molecule has 4 nitrogen and oxygen atoms in total. The van der Waals surface area contributed by atoms with Gasteiger partial charge in [-0.3, -0.25) is 0 Å². The van der Waals surface area contributed by atoms with E-state index in [9.17, 15) is 9.90 Å². The van der Waals surface area contributed by atoms with Crippen LogP contribution < -0.4 is 0 Å². The van der Waals surface area contributed by atoms with Gasteiger partial charge in [0.2, 0.25) is 0 Å². The van der Waals surface area contributed by atoms with Crippen molar-refractivity contribution in [1.82, 2.24) is 0 Å². The van der Waals surface area contributed by atoms with Gasteiger partial charge in [-0.25, -0.2) is 4.79 Å². The third-order valence-electron chi connectivity index (χ3n) is 2.04. The molecule has 96 valence electrons. The van der Waals surface area contributed by atoms with Crippen molar-refractivity contribution in [3.63, 3.8) is 0 Å². The molecule has 0 bridgehead atoms. The van der Waals surface area contributed by atoms with Crippen molar-refractivity contribution in [2.24, 2.45) is 0 Å². The highest BCUT2D eigenvalue weighted by atomic mass is 16.7. The highest BCUT2D eigenvalue weighted by Gasteiger charge is 2.42. The van der Waals surface area contributed by atoms with E-state index in [2.05, 4.69) is 0 Å². The maximum absolute atomic E-state index is 11.3. The molecule has 0 aromatic rings. The van der Waals surface area contributed by atoms with Crippen LogP contribution in [-0.4, -0.2) is 29.1 Å². The first kappa shape index (κ1) is 15.4. The van der Waals surface area contributed by atoms with Crippen molar-refractivity contribution in [2.45, 2.75) is 71.9 Å². The van der Waals surface area contributed by atoms with Crippen LogP contribution in [0.4, 0.5) is 0 Å². The van der Waals surface area contributed by atoms with E-state index in [4.69, 9.17) is 9.47 Å². The molecule has 0 saturated heterocycles. The predicted molar refractivity (Wildman–Crippen MR) is 62.3 cm³/mol. The SMILES string of the molecule is CCCCC(OC(C)C)(OC(C)C)C(=O)O. The number of rotatable bonds is 8. The van der Waals surface area contributed by atoms with Crippen molar-refractivity contribution in [3.8, 4) is 0 Å². The second-order valence-electron chi connectivity index (χ2n) is 4.49. The molecule has 0 unspecified atom stereocenters. The Kier molecular flexibility index (Phi) is 6.60. The average molecular weight is 232 g/mol. The van der Waals surface area contributed by atoms with E-state index >= 15 is 0 Å². The van der Waals surface area contributed by atoms with E-state index < -0.39 is 11.8 Å². The zero-order valence-electron chi connectivity index (χ0n) is 10.9. The molecule has 0 heterocycles. The molecule has 16 heavy (non-hydrogen) atoms. The van der Waals surface area contributed by atoms with Gasteiger partial charge in [-0.2, -0.15) is 0 Å². The lowest BCUT2D eigenvalue weighted by molar-refractivity contribution is -0.270. The van der Waals surface area contributed by atoms with E-state index in [-0.39, 0.29) is 12.2 Å². The van der Waals surface area contributed by atoms with Gasteiger partial charge in [0.05, 0.1) is 12.2 Å². The quantitative estimate of drug-likeness (QED) is 0.654. The van der Waals surface area contributed by atoms with Crippen LogP contribution in [0, 0.1) is 0 Å². The van der Waals surface area contributed by atoms with E-state index in [0.29, 0.717) is 6.42 Å². The standard InChI is InChI=1S/C12H24O4/c1-6-7-8-12(11(13)14,15-9(2)3)16-10(4)5/h9-10H,6-8H2,1-5H3,(H,13,14). The van der Waals surface area contributed by atoms with Crippen LogP contribution >= 0.6 is 0 Å². The van der Waals surface area contributed by atoms with Gasteiger partial charge in [0.25, 0.3) is 5.79 Å². The molecule has 4 heteroatoms. The van der Waals surface area contributed by atoms with Gasteiger partial charge < -0.3 is 14.6 Å². The largest absolute Gasteiger partial charge is 0.477 e. The summed E-state index contributed by atoms with van der Waals surface area (Å²) >= 11 is 0. The minimum atomic E-state index is -1.49. The summed E-state index contributed by atoms with van der Waals surface area (Å²) in [7, 11) is 0. The number of carboxylic acid groups (broad SMARTS) is 1. The van der Waals surface area contributed by atoms with E-state index in [1.54, 1.807) is 0 Å². The molecule has 0 aromatic carbocycles. The summed E-state index contributed by atoms with van der Waals surface area (Å²) in [6.45, 7) is 9.26.